The molecule has 0 saturated carbocycles. The zero-order chi connectivity index (χ0) is 21.1. The lowest BCUT2D eigenvalue weighted by Gasteiger charge is -2.37. The van der Waals surface area contributed by atoms with Crippen molar-refractivity contribution in [3.8, 4) is 5.75 Å². The Morgan fingerprint density at radius 3 is 2.76 bits per heavy atom. The molecule has 2 N–H and O–H groups in total. The Hall–Kier alpha value is -1.83. The molecule has 0 aromatic heterocycles. The molecule has 0 spiro atoms. The van der Waals surface area contributed by atoms with Crippen LogP contribution in [0, 0.1) is 6.92 Å². The van der Waals surface area contributed by atoms with Gasteiger partial charge in [-0.2, -0.15) is 0 Å². The van der Waals surface area contributed by atoms with Crippen molar-refractivity contribution in [1.29, 1.82) is 0 Å². The van der Waals surface area contributed by atoms with Crippen LogP contribution in [0.1, 0.15) is 25.0 Å². The number of nitrogens with zero attached hydrogens (tertiary/aromatic N) is 3. The third-order valence-electron chi connectivity index (χ3n) is 5.15. The van der Waals surface area contributed by atoms with E-state index in [4.69, 9.17) is 14.5 Å². The van der Waals surface area contributed by atoms with E-state index in [0.717, 1.165) is 50.0 Å². The van der Waals surface area contributed by atoms with Crippen LogP contribution in [0.25, 0.3) is 0 Å². The molecule has 2 rings (SSSR count). The van der Waals surface area contributed by atoms with Gasteiger partial charge in [0, 0.05) is 50.9 Å². The number of piperazine rings is 1. The molecule has 0 amide bonds. The Balaban J connectivity index is 1.98. The average molecular weight is 406 g/mol. The summed E-state index contributed by atoms with van der Waals surface area (Å²) in [6, 6.07) is 6.76. The van der Waals surface area contributed by atoms with Crippen LogP contribution in [0.2, 0.25) is 0 Å². The molecule has 1 atom stereocenters. The SMILES string of the molecule is CCNC(=NCc1ccc(C)cc1OCCOCC)NCC1CN(C)CCN1C. The second-order valence-electron chi connectivity index (χ2n) is 7.63. The van der Waals surface area contributed by atoms with Gasteiger partial charge in [0.25, 0.3) is 0 Å². The fraction of sp³-hybridized carbons (Fsp3) is 0.682. The molecule has 1 unspecified atom stereocenters. The van der Waals surface area contributed by atoms with Crippen molar-refractivity contribution < 1.29 is 9.47 Å². The van der Waals surface area contributed by atoms with Crippen molar-refractivity contribution >= 4 is 5.96 Å². The predicted octanol–water partition coefficient (Wildman–Crippen LogP) is 1.71. The highest BCUT2D eigenvalue weighted by atomic mass is 16.5. The minimum absolute atomic E-state index is 0.481. The maximum absolute atomic E-state index is 5.95. The largest absolute Gasteiger partial charge is 0.491 e. The summed E-state index contributed by atoms with van der Waals surface area (Å²) in [6.45, 7) is 13.6. The van der Waals surface area contributed by atoms with E-state index in [-0.39, 0.29) is 0 Å². The number of aryl methyl sites for hydroxylation is 1. The van der Waals surface area contributed by atoms with Crippen LogP contribution in [0.4, 0.5) is 0 Å². The lowest BCUT2D eigenvalue weighted by Crippen LogP contribution is -2.55. The van der Waals surface area contributed by atoms with Crippen molar-refractivity contribution in [1.82, 2.24) is 20.4 Å². The molecule has 1 aromatic rings. The van der Waals surface area contributed by atoms with Gasteiger partial charge in [0.15, 0.2) is 5.96 Å². The Bertz CT molecular complexity index is 638. The first-order chi connectivity index (χ1) is 14.0. The highest BCUT2D eigenvalue weighted by Gasteiger charge is 2.22. The van der Waals surface area contributed by atoms with Gasteiger partial charge in [0.2, 0.25) is 0 Å². The quantitative estimate of drug-likeness (QED) is 0.351. The van der Waals surface area contributed by atoms with E-state index in [9.17, 15) is 0 Å². The predicted molar refractivity (Wildman–Crippen MR) is 120 cm³/mol. The normalized spacial score (nSPS) is 18.7. The van der Waals surface area contributed by atoms with Gasteiger partial charge in [-0.15, -0.1) is 0 Å². The molecule has 1 aliphatic heterocycles. The van der Waals surface area contributed by atoms with E-state index in [1.54, 1.807) is 0 Å². The standard InChI is InChI=1S/C22H39N5O2/c1-6-23-22(25-16-20-17-26(4)10-11-27(20)5)24-15-19-9-8-18(3)14-21(19)29-13-12-28-7-2/h8-9,14,20H,6-7,10-13,15-17H2,1-5H3,(H2,23,24,25). The highest BCUT2D eigenvalue weighted by molar-refractivity contribution is 5.79. The molecule has 1 aromatic carbocycles. The van der Waals surface area contributed by atoms with Gasteiger partial charge in [-0.1, -0.05) is 12.1 Å². The van der Waals surface area contributed by atoms with Crippen molar-refractivity contribution in [3.63, 3.8) is 0 Å². The van der Waals surface area contributed by atoms with Gasteiger partial charge in [-0.3, -0.25) is 4.90 Å². The maximum atomic E-state index is 5.95. The summed E-state index contributed by atoms with van der Waals surface area (Å²) in [5.41, 5.74) is 2.26. The first-order valence-electron chi connectivity index (χ1n) is 10.7. The Morgan fingerprint density at radius 2 is 2.00 bits per heavy atom. The third-order valence-corrected chi connectivity index (χ3v) is 5.15. The van der Waals surface area contributed by atoms with Gasteiger partial charge in [0.1, 0.15) is 12.4 Å². The topological polar surface area (TPSA) is 61.4 Å². The van der Waals surface area contributed by atoms with Crippen LogP contribution in [-0.4, -0.2) is 88.4 Å². The number of hydrogen-bond donors (Lipinski definition) is 2. The molecule has 1 heterocycles. The summed E-state index contributed by atoms with van der Waals surface area (Å²) in [5, 5.41) is 6.87. The van der Waals surface area contributed by atoms with Crippen molar-refractivity contribution in [3.05, 3.63) is 29.3 Å². The van der Waals surface area contributed by atoms with Crippen molar-refractivity contribution in [2.75, 3.05) is 66.6 Å². The van der Waals surface area contributed by atoms with Crippen molar-refractivity contribution in [2.45, 2.75) is 33.4 Å². The van der Waals surface area contributed by atoms with Crippen LogP contribution in [0.15, 0.2) is 23.2 Å². The number of aliphatic imine (C=N–C) groups is 1. The summed E-state index contributed by atoms with van der Waals surface area (Å²) < 4.78 is 11.3. The molecular formula is C22H39N5O2. The maximum Gasteiger partial charge on any atom is 0.191 e. The summed E-state index contributed by atoms with van der Waals surface area (Å²) >= 11 is 0. The monoisotopic (exact) mass is 405 g/mol. The van der Waals surface area contributed by atoms with Gasteiger partial charge >= 0.3 is 0 Å². The molecule has 0 bridgehead atoms. The second kappa shape index (κ2) is 12.7. The zero-order valence-corrected chi connectivity index (χ0v) is 18.8. The lowest BCUT2D eigenvalue weighted by atomic mass is 10.1. The smallest absolute Gasteiger partial charge is 0.191 e. The number of nitrogens with one attached hydrogen (secondary N) is 2. The second-order valence-corrected chi connectivity index (χ2v) is 7.63. The highest BCUT2D eigenvalue weighted by Crippen LogP contribution is 2.21. The van der Waals surface area contributed by atoms with Gasteiger partial charge in [-0.05, 0) is 46.5 Å². The van der Waals surface area contributed by atoms with E-state index >= 15 is 0 Å². The van der Waals surface area contributed by atoms with E-state index in [2.05, 4.69) is 66.6 Å². The number of guanidine groups is 1. The summed E-state index contributed by atoms with van der Waals surface area (Å²) in [6.07, 6.45) is 0. The first-order valence-corrected chi connectivity index (χ1v) is 10.7. The number of likely N-dealkylation sites (N-methyl/N-ethyl adjacent to an activating group) is 2. The minimum Gasteiger partial charge on any atom is -0.491 e. The summed E-state index contributed by atoms with van der Waals surface area (Å²) in [7, 11) is 4.38. The van der Waals surface area contributed by atoms with Crippen LogP contribution in [0.5, 0.6) is 5.75 Å². The van der Waals surface area contributed by atoms with Crippen LogP contribution in [0.3, 0.4) is 0 Å². The van der Waals surface area contributed by atoms with Crippen molar-refractivity contribution in [2.24, 2.45) is 4.99 Å². The van der Waals surface area contributed by atoms with Crippen LogP contribution in [-0.2, 0) is 11.3 Å². The fourth-order valence-electron chi connectivity index (χ4n) is 3.32. The molecule has 164 valence electrons. The minimum atomic E-state index is 0.481. The van der Waals surface area contributed by atoms with E-state index in [1.807, 2.05) is 6.92 Å². The Kier molecular flexibility index (Phi) is 10.2. The van der Waals surface area contributed by atoms with Gasteiger partial charge in [0.05, 0.1) is 13.2 Å². The molecule has 1 fully saturated rings. The third kappa shape index (κ3) is 8.20. The number of ether oxygens (including phenoxy) is 2. The molecule has 0 radical (unpaired) electrons. The van der Waals surface area contributed by atoms with E-state index in [0.29, 0.717) is 32.4 Å². The number of hydrogen-bond acceptors (Lipinski definition) is 5. The molecule has 1 aliphatic rings. The molecule has 7 nitrogen and oxygen atoms in total. The molecule has 0 aliphatic carbocycles. The number of rotatable bonds is 10. The van der Waals surface area contributed by atoms with Crippen LogP contribution >= 0.6 is 0 Å². The summed E-state index contributed by atoms with van der Waals surface area (Å²) in [4.78, 5) is 9.60. The Labute approximate surface area is 176 Å². The van der Waals surface area contributed by atoms with Gasteiger partial charge in [-0.25, -0.2) is 4.99 Å². The Morgan fingerprint density at radius 1 is 1.17 bits per heavy atom. The first kappa shape index (κ1) is 23.4. The van der Waals surface area contributed by atoms with E-state index < -0.39 is 0 Å². The summed E-state index contributed by atoms with van der Waals surface area (Å²) in [5.74, 6) is 1.73. The van der Waals surface area contributed by atoms with Crippen LogP contribution < -0.4 is 15.4 Å². The lowest BCUT2D eigenvalue weighted by molar-refractivity contribution is 0.110. The van der Waals surface area contributed by atoms with Gasteiger partial charge < -0.3 is 25.0 Å². The molecule has 7 heteroatoms. The number of benzene rings is 1. The van der Waals surface area contributed by atoms with E-state index in [1.165, 1.54) is 5.56 Å². The molecule has 1 saturated heterocycles. The fourth-order valence-corrected chi connectivity index (χ4v) is 3.32. The zero-order valence-electron chi connectivity index (χ0n) is 18.8. The average Bonchev–Trinajstić information content (AvgIpc) is 2.70. The molecule has 29 heavy (non-hydrogen) atoms. The molecular weight excluding hydrogens is 366 g/mol.